The molecule has 5 aromatic rings. The first kappa shape index (κ1) is 35.2. The molecular formula is C34H30Cl4FN7O2S. The van der Waals surface area contributed by atoms with E-state index in [4.69, 9.17) is 51.1 Å². The summed E-state index contributed by atoms with van der Waals surface area (Å²) >= 11 is 27.2. The Morgan fingerprint density at radius 2 is 1.90 bits per heavy atom. The van der Waals surface area contributed by atoms with Crippen molar-refractivity contribution in [3.63, 3.8) is 0 Å². The average molecular weight is 762 g/mol. The molecule has 1 aliphatic heterocycles. The molecule has 9 nitrogen and oxygen atoms in total. The Bertz CT molecular complexity index is 2080. The summed E-state index contributed by atoms with van der Waals surface area (Å²) in [6, 6.07) is 12.0. The van der Waals surface area contributed by atoms with Crippen LogP contribution in [0.2, 0.25) is 18.7 Å². The number of piperidine rings is 1. The Labute approximate surface area is 306 Å². The molecule has 1 saturated heterocycles. The Kier molecular flexibility index (Phi) is 10.3. The molecule has 1 fully saturated rings. The normalized spacial score (nSPS) is 14.6. The molecule has 0 saturated carbocycles. The van der Waals surface area contributed by atoms with Gasteiger partial charge < -0.3 is 15.0 Å². The van der Waals surface area contributed by atoms with Gasteiger partial charge in [-0.1, -0.05) is 51.6 Å². The number of rotatable bonds is 7. The van der Waals surface area contributed by atoms with Gasteiger partial charge in [-0.3, -0.25) is 4.98 Å². The summed E-state index contributed by atoms with van der Waals surface area (Å²) in [7, 11) is 0. The van der Waals surface area contributed by atoms with Crippen LogP contribution in [0.5, 0.6) is 0 Å². The Balaban J connectivity index is 1.32. The second-order valence-electron chi connectivity index (χ2n) is 12.7. The number of thiophene rings is 1. The van der Waals surface area contributed by atoms with Gasteiger partial charge in [-0.05, 0) is 87.6 Å². The first-order chi connectivity index (χ1) is 23.3. The van der Waals surface area contributed by atoms with E-state index < -0.39 is 11.4 Å². The van der Waals surface area contributed by atoms with Crippen LogP contribution in [0.1, 0.15) is 68.0 Å². The highest BCUT2D eigenvalue weighted by molar-refractivity contribution is 7.20. The van der Waals surface area contributed by atoms with E-state index in [1.165, 1.54) is 35.7 Å². The molecule has 2 aromatic carbocycles. The number of nitrogens with one attached hydrogen (secondary N) is 1. The number of benzene rings is 2. The minimum absolute atomic E-state index is 0.0429. The molecule has 6 rings (SSSR count). The summed E-state index contributed by atoms with van der Waals surface area (Å²) < 4.78 is 22.4. The number of hydrogen-bond donors (Lipinski definition) is 1. The van der Waals surface area contributed by atoms with E-state index >= 15 is 0 Å². The lowest BCUT2D eigenvalue weighted by Gasteiger charge is -2.33. The van der Waals surface area contributed by atoms with Crippen LogP contribution in [0.15, 0.2) is 48.8 Å². The molecule has 0 bridgehead atoms. The molecule has 0 unspecified atom stereocenters. The first-order valence-electron chi connectivity index (χ1n) is 15.4. The maximum absolute atomic E-state index is 13.9. The maximum atomic E-state index is 13.9. The molecule has 3 aromatic heterocycles. The summed E-state index contributed by atoms with van der Waals surface area (Å²) in [6.07, 6.45) is 4.84. The molecule has 1 amide bonds. The summed E-state index contributed by atoms with van der Waals surface area (Å²) in [5.74, 6) is -0.904. The van der Waals surface area contributed by atoms with Crippen LogP contribution in [-0.4, -0.2) is 49.7 Å². The van der Waals surface area contributed by atoms with Crippen LogP contribution < -0.4 is 5.32 Å². The smallest absolute Gasteiger partial charge is 0.410 e. The number of amides is 1. The van der Waals surface area contributed by atoms with Gasteiger partial charge in [-0.2, -0.15) is 5.26 Å². The first-order valence-corrected chi connectivity index (χ1v) is 17.7. The second kappa shape index (κ2) is 14.3. The Morgan fingerprint density at radius 3 is 2.55 bits per heavy atom. The van der Waals surface area contributed by atoms with Gasteiger partial charge in [0, 0.05) is 42.5 Å². The van der Waals surface area contributed by atoms with Gasteiger partial charge in [-0.25, -0.2) is 13.9 Å². The third kappa shape index (κ3) is 7.89. The van der Waals surface area contributed by atoms with E-state index in [0.29, 0.717) is 74.0 Å². The number of anilines is 2. The summed E-state index contributed by atoms with van der Waals surface area (Å²) in [6.45, 7) is 6.64. The van der Waals surface area contributed by atoms with Gasteiger partial charge in [0.25, 0.3) is 0 Å². The van der Waals surface area contributed by atoms with Gasteiger partial charge >= 0.3 is 6.09 Å². The van der Waals surface area contributed by atoms with E-state index in [-0.39, 0.29) is 28.6 Å². The van der Waals surface area contributed by atoms with Crippen LogP contribution in [0.25, 0.3) is 10.9 Å². The van der Waals surface area contributed by atoms with Crippen LogP contribution in [0, 0.1) is 17.1 Å². The molecule has 0 spiro atoms. The molecule has 0 radical (unpaired) electrons. The number of pyridine rings is 1. The van der Waals surface area contributed by atoms with E-state index in [1.807, 2.05) is 49.8 Å². The van der Waals surface area contributed by atoms with E-state index in [1.54, 1.807) is 4.90 Å². The van der Waals surface area contributed by atoms with Gasteiger partial charge in [0.1, 0.15) is 17.5 Å². The van der Waals surface area contributed by atoms with Gasteiger partial charge in [0.15, 0.2) is 0 Å². The highest BCUT2D eigenvalue weighted by atomic mass is 35.5. The summed E-state index contributed by atoms with van der Waals surface area (Å²) in [4.78, 5) is 18.8. The fourth-order valence-electron chi connectivity index (χ4n) is 5.84. The molecule has 49 heavy (non-hydrogen) atoms. The molecule has 1 atom stereocenters. The second-order valence-corrected chi connectivity index (χ2v) is 15.8. The van der Waals surface area contributed by atoms with Crippen molar-refractivity contribution < 1.29 is 13.9 Å². The minimum Gasteiger partial charge on any atom is -0.444 e. The number of nitrogens with zero attached hydrogens (tertiary/aromatic N) is 6. The third-order valence-corrected chi connectivity index (χ3v) is 10.3. The lowest BCUT2D eigenvalue weighted by Crippen LogP contribution is -2.42. The predicted molar refractivity (Wildman–Crippen MR) is 192 cm³/mol. The van der Waals surface area contributed by atoms with Crippen molar-refractivity contribution in [3.05, 3.63) is 95.7 Å². The SMILES string of the molecule is CC(C)(C)OC(=O)N1CCC(n2cc([C@@H](Cc3cc(Cl)c4ncc(C#N)c(Nc5ccc(F)c(Cl)c5)c4c3)c3cc(Cl)sc3Cl)nn2)CC1. The Morgan fingerprint density at radius 1 is 1.14 bits per heavy atom. The van der Waals surface area contributed by atoms with Gasteiger partial charge in [-0.15, -0.1) is 16.4 Å². The van der Waals surface area contributed by atoms with Crippen molar-refractivity contribution >= 4 is 86.1 Å². The Hall–Kier alpha value is -3.66. The largest absolute Gasteiger partial charge is 0.444 e. The van der Waals surface area contributed by atoms with Crippen molar-refractivity contribution in [1.29, 1.82) is 5.26 Å². The van der Waals surface area contributed by atoms with Gasteiger partial charge in [0.05, 0.1) is 47.2 Å². The number of halogens is 5. The number of nitriles is 1. The predicted octanol–water partition coefficient (Wildman–Crippen LogP) is 10.2. The number of likely N-dealkylation sites (tertiary alicyclic amines) is 1. The molecule has 254 valence electrons. The number of carbonyl (C=O) groups is 1. The van der Waals surface area contributed by atoms with Crippen LogP contribution in [0.3, 0.4) is 0 Å². The molecule has 1 aliphatic rings. The summed E-state index contributed by atoms with van der Waals surface area (Å²) in [5, 5.41) is 23.2. The number of aromatic nitrogens is 4. The molecule has 0 aliphatic carbocycles. The lowest BCUT2D eigenvalue weighted by atomic mass is 9.90. The van der Waals surface area contributed by atoms with E-state index in [0.717, 1.165) is 11.1 Å². The van der Waals surface area contributed by atoms with Crippen molar-refractivity contribution in [2.75, 3.05) is 18.4 Å². The van der Waals surface area contributed by atoms with Crippen LogP contribution in [-0.2, 0) is 11.2 Å². The van der Waals surface area contributed by atoms with Crippen LogP contribution >= 0.6 is 57.7 Å². The average Bonchev–Trinajstić information content (AvgIpc) is 3.67. The zero-order chi connectivity index (χ0) is 35.0. The van der Waals surface area contributed by atoms with E-state index in [9.17, 15) is 14.4 Å². The zero-order valence-corrected chi connectivity index (χ0v) is 30.4. The van der Waals surface area contributed by atoms with E-state index in [2.05, 4.69) is 26.7 Å². The van der Waals surface area contributed by atoms with Crippen molar-refractivity contribution in [2.45, 2.75) is 57.6 Å². The van der Waals surface area contributed by atoms with Crippen molar-refractivity contribution in [2.24, 2.45) is 0 Å². The third-order valence-electron chi connectivity index (χ3n) is 8.17. The minimum atomic E-state index is -0.561. The standard InChI is InChI=1S/C34H30Cl4FN7O2S/c1-34(2,3)48-33(47)45-8-6-21(7-9-45)46-17-28(43-44-46)22(23-14-29(37)49-32(23)38)10-18-11-24-30(42-20-4-5-27(39)25(35)13-20)19(15-40)16-41-31(24)26(36)12-18/h4-5,11-14,16-17,21-22H,6-10H2,1-3H3,(H,41,42)/t22-/m0/s1. The molecular weight excluding hydrogens is 731 g/mol. The van der Waals surface area contributed by atoms with Crippen LogP contribution in [0.4, 0.5) is 20.6 Å². The number of hydrogen-bond acceptors (Lipinski definition) is 8. The maximum Gasteiger partial charge on any atom is 0.410 e. The molecule has 1 N–H and O–H groups in total. The fourth-order valence-corrected chi connectivity index (χ4v) is 7.89. The fraction of sp³-hybridized carbons (Fsp3) is 0.324. The van der Waals surface area contributed by atoms with Gasteiger partial charge in [0.2, 0.25) is 0 Å². The lowest BCUT2D eigenvalue weighted by molar-refractivity contribution is 0.0184. The highest BCUT2D eigenvalue weighted by Crippen LogP contribution is 2.41. The number of carbonyl (C=O) groups excluding carboxylic acids is 1. The quantitative estimate of drug-likeness (QED) is 0.176. The monoisotopic (exact) mass is 759 g/mol. The highest BCUT2D eigenvalue weighted by Gasteiger charge is 2.30. The number of fused-ring (bicyclic) bond motifs is 1. The summed E-state index contributed by atoms with van der Waals surface area (Å²) in [5.41, 5.74) is 3.43. The topological polar surface area (TPSA) is 109 Å². The van der Waals surface area contributed by atoms with Crippen molar-refractivity contribution in [3.8, 4) is 6.07 Å². The number of ether oxygens (including phenoxy) is 1. The molecule has 15 heteroatoms. The van der Waals surface area contributed by atoms with Crippen molar-refractivity contribution in [1.82, 2.24) is 24.9 Å². The zero-order valence-electron chi connectivity index (χ0n) is 26.6. The molecule has 4 heterocycles.